The van der Waals surface area contributed by atoms with E-state index >= 15 is 0 Å². The van der Waals surface area contributed by atoms with Gasteiger partial charge in [0.15, 0.2) is 5.75 Å². The lowest BCUT2D eigenvalue weighted by Crippen LogP contribution is -2.38. The van der Waals surface area contributed by atoms with Crippen molar-refractivity contribution >= 4 is 29.1 Å². The fraction of sp³-hybridized carbons (Fsp3) is 0.250. The normalized spacial score (nSPS) is 14.5. The van der Waals surface area contributed by atoms with Crippen LogP contribution >= 0.6 is 23.2 Å². The number of ether oxygens (including phenoxy) is 1. The minimum absolute atomic E-state index is 0.00615. The third kappa shape index (κ3) is 4.77. The van der Waals surface area contributed by atoms with E-state index in [2.05, 4.69) is 29.2 Å². The van der Waals surface area contributed by atoms with Crippen LogP contribution in [0.4, 0.5) is 0 Å². The van der Waals surface area contributed by atoms with Gasteiger partial charge in [0.25, 0.3) is 5.91 Å². The van der Waals surface area contributed by atoms with Crippen LogP contribution in [0.1, 0.15) is 40.2 Å². The molecule has 1 fully saturated rings. The van der Waals surface area contributed by atoms with Gasteiger partial charge in [-0.2, -0.15) is 0 Å². The van der Waals surface area contributed by atoms with Crippen LogP contribution in [0.2, 0.25) is 10.0 Å². The number of aromatic nitrogens is 1. The van der Waals surface area contributed by atoms with Crippen LogP contribution in [0.5, 0.6) is 5.75 Å². The molecule has 2 heterocycles. The Balaban J connectivity index is 1.38. The number of hydrogen-bond donors (Lipinski definition) is 0. The molecule has 4 rings (SSSR count). The second-order valence-electron chi connectivity index (χ2n) is 7.40. The quantitative estimate of drug-likeness (QED) is 0.489. The molecule has 1 aliphatic rings. The number of halogens is 2. The second-order valence-corrected chi connectivity index (χ2v) is 8.21. The third-order valence-electron chi connectivity index (χ3n) is 5.40. The van der Waals surface area contributed by atoms with E-state index in [9.17, 15) is 4.79 Å². The summed E-state index contributed by atoms with van der Waals surface area (Å²) in [6, 6.07) is 17.5. The van der Waals surface area contributed by atoms with Crippen molar-refractivity contribution in [1.29, 1.82) is 0 Å². The maximum absolute atomic E-state index is 13.0. The molecule has 0 bridgehead atoms. The van der Waals surface area contributed by atoms with E-state index in [0.29, 0.717) is 27.3 Å². The van der Waals surface area contributed by atoms with Gasteiger partial charge < -0.3 is 9.64 Å². The highest BCUT2D eigenvalue weighted by molar-refractivity contribution is 6.37. The molecule has 0 unspecified atom stereocenters. The third-order valence-corrected chi connectivity index (χ3v) is 5.99. The first-order valence-corrected chi connectivity index (χ1v) is 10.7. The molecule has 0 spiro atoms. The Hall–Kier alpha value is -2.56. The topological polar surface area (TPSA) is 42.4 Å². The monoisotopic (exact) mass is 440 g/mol. The smallest absolute Gasteiger partial charge is 0.255 e. The number of nitrogens with zero attached hydrogens (tertiary/aromatic N) is 2. The minimum Gasteiger partial charge on any atom is -0.486 e. The summed E-state index contributed by atoms with van der Waals surface area (Å²) in [5.41, 5.74) is 2.71. The van der Waals surface area contributed by atoms with Crippen LogP contribution in [-0.4, -0.2) is 28.9 Å². The number of amides is 1. The molecule has 1 aliphatic heterocycles. The summed E-state index contributed by atoms with van der Waals surface area (Å²) in [7, 11) is 0. The van der Waals surface area contributed by atoms with Crippen molar-refractivity contribution in [3.8, 4) is 5.75 Å². The van der Waals surface area contributed by atoms with E-state index in [0.717, 1.165) is 31.5 Å². The van der Waals surface area contributed by atoms with Crippen molar-refractivity contribution in [2.75, 3.05) is 13.1 Å². The molecule has 0 atom stereocenters. The largest absolute Gasteiger partial charge is 0.486 e. The Bertz CT molecular complexity index is 998. The highest BCUT2D eigenvalue weighted by Gasteiger charge is 2.24. The van der Waals surface area contributed by atoms with Gasteiger partial charge in [-0.25, -0.2) is 0 Å². The molecule has 2 aromatic carbocycles. The molecule has 6 heteroatoms. The van der Waals surface area contributed by atoms with Crippen molar-refractivity contribution in [3.05, 3.63) is 93.7 Å². The van der Waals surface area contributed by atoms with Gasteiger partial charge >= 0.3 is 0 Å². The number of benzene rings is 2. The molecular formula is C24H22Cl2N2O2. The standard InChI is InChI=1S/C24H22Cl2N2O2/c25-21-7-4-8-22(26)23(21)30-16-17-13-20(15-27-14-17)24(29)28-11-9-19(10-12-28)18-5-2-1-3-6-18/h1-8,13-15,19H,9-12,16H2. The number of carbonyl (C=O) groups excluding carboxylic acids is 1. The summed E-state index contributed by atoms with van der Waals surface area (Å²) in [4.78, 5) is 19.1. The summed E-state index contributed by atoms with van der Waals surface area (Å²) >= 11 is 12.3. The van der Waals surface area contributed by atoms with Gasteiger partial charge in [-0.3, -0.25) is 9.78 Å². The van der Waals surface area contributed by atoms with Crippen molar-refractivity contribution in [1.82, 2.24) is 9.88 Å². The van der Waals surface area contributed by atoms with E-state index in [-0.39, 0.29) is 12.5 Å². The average Bonchev–Trinajstić information content (AvgIpc) is 2.79. The summed E-state index contributed by atoms with van der Waals surface area (Å²) in [6.07, 6.45) is 5.23. The fourth-order valence-corrected chi connectivity index (χ4v) is 4.29. The Morgan fingerprint density at radius 1 is 1.00 bits per heavy atom. The Labute approximate surface area is 186 Å². The molecule has 0 saturated carbocycles. The summed E-state index contributed by atoms with van der Waals surface area (Å²) < 4.78 is 5.77. The SMILES string of the molecule is O=C(c1cncc(COc2c(Cl)cccc2Cl)c1)N1CCC(c2ccccc2)CC1. The molecule has 0 radical (unpaired) electrons. The van der Waals surface area contributed by atoms with Gasteiger partial charge in [0.1, 0.15) is 6.61 Å². The zero-order valence-electron chi connectivity index (χ0n) is 16.4. The highest BCUT2D eigenvalue weighted by Crippen LogP contribution is 2.33. The molecule has 3 aromatic rings. The van der Waals surface area contributed by atoms with Crippen LogP contribution in [0.25, 0.3) is 0 Å². The maximum Gasteiger partial charge on any atom is 0.255 e. The number of rotatable bonds is 5. The fourth-order valence-electron chi connectivity index (χ4n) is 3.78. The number of para-hydroxylation sites is 1. The predicted molar refractivity (Wildman–Crippen MR) is 119 cm³/mol. The average molecular weight is 441 g/mol. The van der Waals surface area contributed by atoms with Gasteiger partial charge in [0.2, 0.25) is 0 Å². The van der Waals surface area contributed by atoms with Crippen LogP contribution < -0.4 is 4.74 Å². The molecule has 1 amide bonds. The zero-order chi connectivity index (χ0) is 20.9. The molecule has 1 saturated heterocycles. The summed E-state index contributed by atoms with van der Waals surface area (Å²) in [5, 5.41) is 0.896. The first-order valence-electron chi connectivity index (χ1n) is 9.97. The Morgan fingerprint density at radius 3 is 2.40 bits per heavy atom. The van der Waals surface area contributed by atoms with Gasteiger partial charge in [-0.05, 0) is 42.5 Å². The Kier molecular flexibility index (Phi) is 6.56. The van der Waals surface area contributed by atoms with E-state index in [1.54, 1.807) is 30.6 Å². The van der Waals surface area contributed by atoms with Crippen LogP contribution in [0.3, 0.4) is 0 Å². The summed E-state index contributed by atoms with van der Waals surface area (Å²) in [6.45, 7) is 1.72. The Morgan fingerprint density at radius 2 is 1.70 bits per heavy atom. The predicted octanol–water partition coefficient (Wildman–Crippen LogP) is 5.99. The van der Waals surface area contributed by atoms with E-state index in [4.69, 9.17) is 27.9 Å². The number of hydrogen-bond acceptors (Lipinski definition) is 3. The van der Waals surface area contributed by atoms with Gasteiger partial charge in [0, 0.05) is 31.0 Å². The lowest BCUT2D eigenvalue weighted by molar-refractivity contribution is 0.0712. The van der Waals surface area contributed by atoms with E-state index in [1.165, 1.54) is 5.56 Å². The molecular weight excluding hydrogens is 419 g/mol. The number of likely N-dealkylation sites (tertiary alicyclic amines) is 1. The first kappa shape index (κ1) is 20.7. The van der Waals surface area contributed by atoms with Crippen molar-refractivity contribution in [3.63, 3.8) is 0 Å². The van der Waals surface area contributed by atoms with Crippen molar-refractivity contribution < 1.29 is 9.53 Å². The van der Waals surface area contributed by atoms with Crippen molar-refractivity contribution in [2.24, 2.45) is 0 Å². The van der Waals surface area contributed by atoms with E-state index < -0.39 is 0 Å². The van der Waals surface area contributed by atoms with E-state index in [1.807, 2.05) is 17.0 Å². The van der Waals surface area contributed by atoms with Gasteiger partial charge in [0.05, 0.1) is 15.6 Å². The number of carbonyl (C=O) groups is 1. The maximum atomic E-state index is 13.0. The molecule has 0 aliphatic carbocycles. The highest BCUT2D eigenvalue weighted by atomic mass is 35.5. The first-order chi connectivity index (χ1) is 14.6. The molecule has 0 N–H and O–H groups in total. The van der Waals surface area contributed by atoms with Crippen LogP contribution in [0, 0.1) is 0 Å². The lowest BCUT2D eigenvalue weighted by atomic mass is 9.89. The molecule has 4 nitrogen and oxygen atoms in total. The lowest BCUT2D eigenvalue weighted by Gasteiger charge is -2.32. The second kappa shape index (κ2) is 9.50. The van der Waals surface area contributed by atoms with Gasteiger partial charge in [-0.15, -0.1) is 0 Å². The van der Waals surface area contributed by atoms with Crippen molar-refractivity contribution in [2.45, 2.75) is 25.4 Å². The molecule has 154 valence electrons. The van der Waals surface area contributed by atoms with Crippen LogP contribution in [0.15, 0.2) is 67.0 Å². The summed E-state index contributed by atoms with van der Waals surface area (Å²) in [5.74, 6) is 0.945. The van der Waals surface area contributed by atoms with Crippen LogP contribution in [-0.2, 0) is 6.61 Å². The number of piperidine rings is 1. The van der Waals surface area contributed by atoms with Gasteiger partial charge in [-0.1, -0.05) is 59.6 Å². The number of pyridine rings is 1. The zero-order valence-corrected chi connectivity index (χ0v) is 17.9. The minimum atomic E-state index is 0.00615. The molecule has 1 aromatic heterocycles. The molecule has 30 heavy (non-hydrogen) atoms.